The lowest BCUT2D eigenvalue weighted by molar-refractivity contribution is 0.0993. The molecule has 24 heavy (non-hydrogen) atoms. The van der Waals surface area contributed by atoms with Gasteiger partial charge in [-0.25, -0.2) is 0 Å². The van der Waals surface area contributed by atoms with Crippen LogP contribution < -0.4 is 9.64 Å². The van der Waals surface area contributed by atoms with Crippen LogP contribution in [0.4, 0.5) is 5.69 Å². The Hall–Kier alpha value is -3.08. The third-order valence-corrected chi connectivity index (χ3v) is 3.81. The Kier molecular flexibility index (Phi) is 4.61. The van der Waals surface area contributed by atoms with Gasteiger partial charge < -0.3 is 9.64 Å². The van der Waals surface area contributed by atoms with Crippen molar-refractivity contribution < 1.29 is 9.53 Å². The van der Waals surface area contributed by atoms with Crippen LogP contribution in [-0.2, 0) is 6.54 Å². The van der Waals surface area contributed by atoms with Gasteiger partial charge in [-0.1, -0.05) is 36.4 Å². The second kappa shape index (κ2) is 7.00. The van der Waals surface area contributed by atoms with Gasteiger partial charge in [0, 0.05) is 25.0 Å². The Bertz CT molecular complexity index is 827. The number of hydrogen-bond acceptors (Lipinski definition) is 3. The Labute approximate surface area is 141 Å². The standard InChI is InChI=1S/C19H19N3O2/c1-21(17-9-6-10-18(11-17)24-2)19(23)16-12-20-22(14-16)13-15-7-4-3-5-8-15/h3-12,14H,13H2,1-2H3. The third-order valence-electron chi connectivity index (χ3n) is 3.81. The molecule has 0 saturated carbocycles. The van der Waals surface area contributed by atoms with E-state index in [0.29, 0.717) is 17.9 Å². The molecule has 1 amide bonds. The van der Waals surface area contributed by atoms with E-state index >= 15 is 0 Å². The number of benzene rings is 2. The quantitative estimate of drug-likeness (QED) is 0.725. The molecule has 0 saturated heterocycles. The van der Waals surface area contributed by atoms with Crippen LogP contribution in [0.1, 0.15) is 15.9 Å². The van der Waals surface area contributed by atoms with Crippen molar-refractivity contribution in [1.82, 2.24) is 9.78 Å². The fourth-order valence-electron chi connectivity index (χ4n) is 2.46. The van der Waals surface area contributed by atoms with Crippen LogP contribution in [0, 0.1) is 0 Å². The molecule has 3 rings (SSSR count). The van der Waals surface area contributed by atoms with E-state index in [1.165, 1.54) is 0 Å². The maximum atomic E-state index is 12.6. The highest BCUT2D eigenvalue weighted by Crippen LogP contribution is 2.21. The van der Waals surface area contributed by atoms with Crippen LogP contribution in [0.3, 0.4) is 0 Å². The van der Waals surface area contributed by atoms with Gasteiger partial charge >= 0.3 is 0 Å². The van der Waals surface area contributed by atoms with E-state index in [4.69, 9.17) is 4.74 Å². The van der Waals surface area contributed by atoms with E-state index in [9.17, 15) is 4.79 Å². The molecule has 0 bridgehead atoms. The van der Waals surface area contributed by atoms with Gasteiger partial charge in [0.2, 0.25) is 0 Å². The molecule has 0 aliphatic rings. The summed E-state index contributed by atoms with van der Waals surface area (Å²) in [6, 6.07) is 17.4. The Morgan fingerprint density at radius 1 is 1.17 bits per heavy atom. The molecule has 2 aromatic carbocycles. The minimum Gasteiger partial charge on any atom is -0.497 e. The fourth-order valence-corrected chi connectivity index (χ4v) is 2.46. The van der Waals surface area contributed by atoms with Crippen LogP contribution in [0.5, 0.6) is 5.75 Å². The SMILES string of the molecule is COc1cccc(N(C)C(=O)c2cnn(Cc3ccccc3)c2)c1. The van der Waals surface area contributed by atoms with Crippen LogP contribution in [0.2, 0.25) is 0 Å². The maximum Gasteiger partial charge on any atom is 0.261 e. The van der Waals surface area contributed by atoms with Crippen molar-refractivity contribution >= 4 is 11.6 Å². The van der Waals surface area contributed by atoms with Gasteiger partial charge in [0.15, 0.2) is 0 Å². The summed E-state index contributed by atoms with van der Waals surface area (Å²) in [5.41, 5.74) is 2.46. The second-order valence-corrected chi connectivity index (χ2v) is 5.48. The van der Waals surface area contributed by atoms with Gasteiger partial charge in [0.1, 0.15) is 5.75 Å². The molecule has 122 valence electrons. The molecule has 0 N–H and O–H groups in total. The third kappa shape index (κ3) is 3.46. The maximum absolute atomic E-state index is 12.6. The first-order valence-electron chi connectivity index (χ1n) is 7.66. The van der Waals surface area contributed by atoms with Gasteiger partial charge in [-0.15, -0.1) is 0 Å². The first kappa shape index (κ1) is 15.8. The number of carbonyl (C=O) groups excluding carboxylic acids is 1. The lowest BCUT2D eigenvalue weighted by Gasteiger charge is -2.17. The summed E-state index contributed by atoms with van der Waals surface area (Å²) in [5.74, 6) is 0.606. The predicted molar refractivity (Wildman–Crippen MR) is 93.5 cm³/mol. The molecule has 0 fully saturated rings. The number of carbonyl (C=O) groups is 1. The first-order chi connectivity index (χ1) is 11.7. The summed E-state index contributed by atoms with van der Waals surface area (Å²) >= 11 is 0. The van der Waals surface area contributed by atoms with Crippen LogP contribution in [0.15, 0.2) is 67.0 Å². The van der Waals surface area contributed by atoms with Crippen molar-refractivity contribution in [2.24, 2.45) is 0 Å². The van der Waals surface area contributed by atoms with E-state index in [2.05, 4.69) is 5.10 Å². The van der Waals surface area contributed by atoms with Gasteiger partial charge in [-0.3, -0.25) is 9.48 Å². The Morgan fingerprint density at radius 3 is 2.71 bits per heavy atom. The highest BCUT2D eigenvalue weighted by atomic mass is 16.5. The number of aromatic nitrogens is 2. The van der Waals surface area contributed by atoms with Gasteiger partial charge in [-0.2, -0.15) is 5.10 Å². The van der Waals surface area contributed by atoms with Gasteiger partial charge in [0.05, 0.1) is 25.4 Å². The minimum atomic E-state index is -0.109. The minimum absolute atomic E-state index is 0.109. The molecular formula is C19H19N3O2. The number of ether oxygens (including phenoxy) is 1. The molecule has 0 unspecified atom stereocenters. The molecule has 0 aliphatic carbocycles. The number of amides is 1. The summed E-state index contributed by atoms with van der Waals surface area (Å²) in [5, 5.41) is 4.29. The monoisotopic (exact) mass is 321 g/mol. The Morgan fingerprint density at radius 2 is 1.96 bits per heavy atom. The normalized spacial score (nSPS) is 10.4. The van der Waals surface area contributed by atoms with E-state index in [1.807, 2.05) is 54.6 Å². The summed E-state index contributed by atoms with van der Waals surface area (Å²) in [7, 11) is 3.35. The molecule has 0 spiro atoms. The second-order valence-electron chi connectivity index (χ2n) is 5.48. The highest BCUT2D eigenvalue weighted by Gasteiger charge is 2.16. The molecule has 5 heteroatoms. The number of hydrogen-bond donors (Lipinski definition) is 0. The number of nitrogens with zero attached hydrogens (tertiary/aromatic N) is 3. The molecule has 0 aliphatic heterocycles. The van der Waals surface area contributed by atoms with Crippen molar-refractivity contribution in [3.63, 3.8) is 0 Å². The van der Waals surface area contributed by atoms with Crippen LogP contribution in [-0.4, -0.2) is 29.8 Å². The van der Waals surface area contributed by atoms with Gasteiger partial charge in [-0.05, 0) is 17.7 Å². The summed E-state index contributed by atoms with van der Waals surface area (Å²) < 4.78 is 6.97. The zero-order valence-electron chi connectivity index (χ0n) is 13.7. The average Bonchev–Trinajstić information content (AvgIpc) is 3.10. The van der Waals surface area contributed by atoms with Crippen LogP contribution in [0.25, 0.3) is 0 Å². The Balaban J connectivity index is 1.75. The highest BCUT2D eigenvalue weighted by molar-refractivity contribution is 6.05. The van der Waals surface area contributed by atoms with E-state index < -0.39 is 0 Å². The lowest BCUT2D eigenvalue weighted by Crippen LogP contribution is -2.25. The largest absolute Gasteiger partial charge is 0.497 e. The molecule has 0 atom stereocenters. The smallest absolute Gasteiger partial charge is 0.261 e. The molecule has 0 radical (unpaired) electrons. The van der Waals surface area contributed by atoms with Crippen molar-refractivity contribution in [1.29, 1.82) is 0 Å². The summed E-state index contributed by atoms with van der Waals surface area (Å²) in [6.07, 6.45) is 3.37. The number of methoxy groups -OCH3 is 1. The number of anilines is 1. The number of rotatable bonds is 5. The van der Waals surface area contributed by atoms with Crippen molar-refractivity contribution in [2.75, 3.05) is 19.1 Å². The van der Waals surface area contributed by atoms with E-state index in [-0.39, 0.29) is 5.91 Å². The molecule has 1 heterocycles. The first-order valence-corrected chi connectivity index (χ1v) is 7.66. The zero-order chi connectivity index (χ0) is 16.9. The molecular weight excluding hydrogens is 302 g/mol. The van der Waals surface area contributed by atoms with Gasteiger partial charge in [0.25, 0.3) is 5.91 Å². The zero-order valence-corrected chi connectivity index (χ0v) is 13.7. The average molecular weight is 321 g/mol. The van der Waals surface area contributed by atoms with E-state index in [1.54, 1.807) is 36.1 Å². The molecule has 3 aromatic rings. The fraction of sp³-hybridized carbons (Fsp3) is 0.158. The lowest BCUT2D eigenvalue weighted by atomic mass is 10.2. The predicted octanol–water partition coefficient (Wildman–Crippen LogP) is 3.22. The topological polar surface area (TPSA) is 47.4 Å². The molecule has 5 nitrogen and oxygen atoms in total. The van der Waals surface area contributed by atoms with Crippen molar-refractivity contribution in [3.8, 4) is 5.75 Å². The van der Waals surface area contributed by atoms with Crippen molar-refractivity contribution in [3.05, 3.63) is 78.1 Å². The van der Waals surface area contributed by atoms with Crippen molar-refractivity contribution in [2.45, 2.75) is 6.54 Å². The van der Waals surface area contributed by atoms with Crippen LogP contribution >= 0.6 is 0 Å². The summed E-state index contributed by atoms with van der Waals surface area (Å²) in [4.78, 5) is 14.2. The van der Waals surface area contributed by atoms with E-state index in [0.717, 1.165) is 11.3 Å². The molecule has 1 aromatic heterocycles. The summed E-state index contributed by atoms with van der Waals surface area (Å²) in [6.45, 7) is 0.636.